The molecule has 0 aliphatic heterocycles. The van der Waals surface area contributed by atoms with Gasteiger partial charge in [-0.05, 0) is 61.9 Å². The highest BCUT2D eigenvalue weighted by atomic mass is 16.6. The Morgan fingerprint density at radius 2 is 1.65 bits per heavy atom. The summed E-state index contributed by atoms with van der Waals surface area (Å²) in [4.78, 5) is 22.9. The summed E-state index contributed by atoms with van der Waals surface area (Å²) in [7, 11) is 0. The van der Waals surface area contributed by atoms with Crippen LogP contribution in [0.4, 0.5) is 5.69 Å². The van der Waals surface area contributed by atoms with E-state index in [9.17, 15) is 14.9 Å². The van der Waals surface area contributed by atoms with Gasteiger partial charge in [-0.15, -0.1) is 0 Å². The largest absolute Gasteiger partial charge is 0.490 e. The first-order chi connectivity index (χ1) is 16.5. The summed E-state index contributed by atoms with van der Waals surface area (Å²) in [6, 6.07) is 18.3. The molecule has 0 atom stereocenters. The molecule has 0 saturated heterocycles. The Morgan fingerprint density at radius 3 is 2.35 bits per heavy atom. The zero-order chi connectivity index (χ0) is 24.3. The number of non-ortho nitro benzene ring substituents is 1. The zero-order valence-corrected chi connectivity index (χ0v) is 18.9. The first kappa shape index (κ1) is 24.2. The summed E-state index contributed by atoms with van der Waals surface area (Å²) in [6.07, 6.45) is 1.49. The maximum Gasteiger partial charge on any atom is 0.271 e. The maximum absolute atomic E-state index is 12.5. The minimum absolute atomic E-state index is 0.0212. The van der Waals surface area contributed by atoms with Crippen LogP contribution in [0.3, 0.4) is 0 Å². The second-order valence-corrected chi connectivity index (χ2v) is 6.98. The second-order valence-electron chi connectivity index (χ2n) is 6.98. The second kappa shape index (κ2) is 12.0. The number of carbonyl (C=O) groups excluding carboxylic acids is 1. The molecule has 1 N–H and O–H groups in total. The summed E-state index contributed by atoms with van der Waals surface area (Å²) < 4.78 is 16.9. The van der Waals surface area contributed by atoms with Crippen molar-refractivity contribution in [3.8, 4) is 17.2 Å². The summed E-state index contributed by atoms with van der Waals surface area (Å²) >= 11 is 0. The number of ether oxygens (including phenoxy) is 3. The monoisotopic (exact) mass is 463 g/mol. The van der Waals surface area contributed by atoms with Crippen LogP contribution in [-0.2, 0) is 6.61 Å². The Labute approximate surface area is 197 Å². The predicted molar refractivity (Wildman–Crippen MR) is 128 cm³/mol. The van der Waals surface area contributed by atoms with E-state index in [0.29, 0.717) is 41.6 Å². The number of nitrogens with one attached hydrogen (secondary N) is 1. The number of nitrogens with zero attached hydrogens (tertiary/aromatic N) is 2. The van der Waals surface area contributed by atoms with Crippen molar-refractivity contribution in [1.29, 1.82) is 0 Å². The summed E-state index contributed by atoms with van der Waals surface area (Å²) in [5.41, 5.74) is 4.35. The molecule has 34 heavy (non-hydrogen) atoms. The van der Waals surface area contributed by atoms with Gasteiger partial charge in [0.2, 0.25) is 0 Å². The van der Waals surface area contributed by atoms with Gasteiger partial charge in [0.1, 0.15) is 12.4 Å². The third-order valence-electron chi connectivity index (χ3n) is 4.64. The quantitative estimate of drug-likeness (QED) is 0.250. The molecule has 0 radical (unpaired) electrons. The molecule has 3 rings (SSSR count). The summed E-state index contributed by atoms with van der Waals surface area (Å²) in [5.74, 6) is 1.22. The first-order valence-corrected chi connectivity index (χ1v) is 10.7. The number of amides is 1. The molecule has 9 nitrogen and oxygen atoms in total. The smallest absolute Gasteiger partial charge is 0.271 e. The average molecular weight is 463 g/mol. The predicted octanol–water partition coefficient (Wildman–Crippen LogP) is 4.74. The van der Waals surface area contributed by atoms with E-state index in [2.05, 4.69) is 10.5 Å². The number of carbonyl (C=O) groups is 1. The standard InChI is InChI=1S/C25H25N3O6/c1-3-32-23-14-11-19(15-24(23)33-4-2)25(29)27-26-16-20-7-5-6-8-22(20)34-17-18-9-12-21(13-10-18)28(30)31/h5-16H,3-4,17H2,1-2H3,(H,27,29)/b26-16+. The molecule has 3 aromatic rings. The van der Waals surface area contributed by atoms with Crippen LogP contribution in [0.25, 0.3) is 0 Å². The van der Waals surface area contributed by atoms with Gasteiger partial charge in [-0.25, -0.2) is 5.43 Å². The van der Waals surface area contributed by atoms with Crippen molar-refractivity contribution >= 4 is 17.8 Å². The average Bonchev–Trinajstić information content (AvgIpc) is 2.85. The summed E-state index contributed by atoms with van der Waals surface area (Å²) in [5, 5.41) is 14.8. The highest BCUT2D eigenvalue weighted by molar-refractivity contribution is 5.95. The van der Waals surface area contributed by atoms with Crippen molar-refractivity contribution in [3.63, 3.8) is 0 Å². The number of nitro groups is 1. The van der Waals surface area contributed by atoms with E-state index in [1.807, 2.05) is 26.0 Å². The third-order valence-corrected chi connectivity index (χ3v) is 4.64. The van der Waals surface area contributed by atoms with E-state index >= 15 is 0 Å². The number of rotatable bonds is 11. The van der Waals surface area contributed by atoms with Gasteiger partial charge in [0.05, 0.1) is 24.4 Å². The molecule has 0 spiro atoms. The Balaban J connectivity index is 1.64. The number of hydrogen-bond acceptors (Lipinski definition) is 7. The fourth-order valence-electron chi connectivity index (χ4n) is 3.01. The Kier molecular flexibility index (Phi) is 8.56. The Bertz CT molecular complexity index is 1160. The van der Waals surface area contributed by atoms with Crippen LogP contribution in [0.5, 0.6) is 17.2 Å². The van der Waals surface area contributed by atoms with Crippen molar-refractivity contribution in [1.82, 2.24) is 5.43 Å². The van der Waals surface area contributed by atoms with Gasteiger partial charge in [0.15, 0.2) is 11.5 Å². The molecule has 0 bridgehead atoms. The molecular formula is C25H25N3O6. The first-order valence-electron chi connectivity index (χ1n) is 10.7. The number of benzene rings is 3. The fourth-order valence-corrected chi connectivity index (χ4v) is 3.01. The molecule has 0 aliphatic carbocycles. The lowest BCUT2D eigenvalue weighted by molar-refractivity contribution is -0.384. The molecule has 0 heterocycles. The highest BCUT2D eigenvalue weighted by Crippen LogP contribution is 2.28. The van der Waals surface area contributed by atoms with Gasteiger partial charge in [-0.1, -0.05) is 12.1 Å². The molecule has 0 aromatic heterocycles. The SMILES string of the molecule is CCOc1ccc(C(=O)N/N=C/c2ccccc2OCc2ccc([N+](=O)[O-])cc2)cc1OCC. The van der Waals surface area contributed by atoms with Crippen LogP contribution in [0.2, 0.25) is 0 Å². The topological polar surface area (TPSA) is 112 Å². The van der Waals surface area contributed by atoms with Gasteiger partial charge in [0, 0.05) is 23.3 Å². The molecule has 0 fully saturated rings. The van der Waals surface area contributed by atoms with Crippen molar-refractivity contribution in [3.05, 3.63) is 93.5 Å². The molecule has 1 amide bonds. The third kappa shape index (κ3) is 6.55. The van der Waals surface area contributed by atoms with E-state index in [0.717, 1.165) is 5.56 Å². The van der Waals surface area contributed by atoms with Crippen LogP contribution < -0.4 is 19.6 Å². The van der Waals surface area contributed by atoms with Crippen LogP contribution >= 0.6 is 0 Å². The van der Waals surface area contributed by atoms with E-state index < -0.39 is 10.8 Å². The molecule has 3 aromatic carbocycles. The summed E-state index contributed by atoms with van der Waals surface area (Å²) in [6.45, 7) is 4.88. The van der Waals surface area contributed by atoms with Crippen molar-refractivity contribution in [2.45, 2.75) is 20.5 Å². The van der Waals surface area contributed by atoms with Gasteiger partial charge in [0.25, 0.3) is 11.6 Å². The lowest BCUT2D eigenvalue weighted by Crippen LogP contribution is -2.18. The maximum atomic E-state index is 12.5. The minimum Gasteiger partial charge on any atom is -0.490 e. The van der Waals surface area contributed by atoms with Crippen LogP contribution in [0.1, 0.15) is 35.3 Å². The van der Waals surface area contributed by atoms with Crippen LogP contribution in [0.15, 0.2) is 71.8 Å². The van der Waals surface area contributed by atoms with Gasteiger partial charge in [-0.3, -0.25) is 14.9 Å². The fraction of sp³-hybridized carbons (Fsp3) is 0.200. The van der Waals surface area contributed by atoms with Crippen LogP contribution in [-0.4, -0.2) is 30.3 Å². The Hall–Kier alpha value is -4.40. The normalized spacial score (nSPS) is 10.6. The van der Waals surface area contributed by atoms with Gasteiger partial charge < -0.3 is 14.2 Å². The molecule has 9 heteroatoms. The number of hydrazone groups is 1. The molecule has 176 valence electrons. The van der Waals surface area contributed by atoms with E-state index in [4.69, 9.17) is 14.2 Å². The van der Waals surface area contributed by atoms with Crippen LogP contribution in [0, 0.1) is 10.1 Å². The van der Waals surface area contributed by atoms with Gasteiger partial charge in [-0.2, -0.15) is 5.10 Å². The van der Waals surface area contributed by atoms with Crippen molar-refractivity contribution < 1.29 is 23.9 Å². The Morgan fingerprint density at radius 1 is 0.941 bits per heavy atom. The van der Waals surface area contributed by atoms with Gasteiger partial charge >= 0.3 is 0 Å². The van der Waals surface area contributed by atoms with Crippen molar-refractivity contribution in [2.75, 3.05) is 13.2 Å². The number of hydrogen-bond donors (Lipinski definition) is 1. The minimum atomic E-state index is -0.449. The highest BCUT2D eigenvalue weighted by Gasteiger charge is 2.11. The van der Waals surface area contributed by atoms with Crippen molar-refractivity contribution in [2.24, 2.45) is 5.10 Å². The zero-order valence-electron chi connectivity index (χ0n) is 18.9. The lowest BCUT2D eigenvalue weighted by atomic mass is 10.2. The lowest BCUT2D eigenvalue weighted by Gasteiger charge is -2.12. The number of para-hydroxylation sites is 1. The molecule has 0 saturated carbocycles. The van der Waals surface area contributed by atoms with E-state index in [-0.39, 0.29) is 12.3 Å². The molecule has 0 aliphatic rings. The van der Waals surface area contributed by atoms with E-state index in [1.54, 1.807) is 42.5 Å². The molecule has 0 unspecified atom stereocenters. The van der Waals surface area contributed by atoms with E-state index in [1.165, 1.54) is 18.3 Å². The number of nitro benzene ring substituents is 1. The molecular weight excluding hydrogens is 438 g/mol.